The summed E-state index contributed by atoms with van der Waals surface area (Å²) in [6.45, 7) is 7.87. The Bertz CT molecular complexity index is 553. The average molecular weight is 364 g/mol. The Morgan fingerprint density at radius 2 is 1.58 bits per heavy atom. The maximum Gasteiger partial charge on any atom is 0.311 e. The predicted molar refractivity (Wildman–Crippen MR) is 101 cm³/mol. The van der Waals surface area contributed by atoms with Gasteiger partial charge in [-0.2, -0.15) is 0 Å². The average Bonchev–Trinajstić information content (AvgIpc) is 2.56. The first-order valence-electron chi connectivity index (χ1n) is 9.58. The molecular weight excluding hydrogens is 332 g/mol. The van der Waals surface area contributed by atoms with Crippen LogP contribution in [0.2, 0.25) is 0 Å². The summed E-state index contributed by atoms with van der Waals surface area (Å²) in [5.41, 5.74) is 0. The van der Waals surface area contributed by atoms with Gasteiger partial charge in [-0.25, -0.2) is 0 Å². The highest BCUT2D eigenvalue weighted by molar-refractivity contribution is 5.74. The van der Waals surface area contributed by atoms with Gasteiger partial charge in [0.25, 0.3) is 0 Å². The minimum Gasteiger partial charge on any atom is -0.487 e. The minimum absolute atomic E-state index is 0.0102. The fourth-order valence-electron chi connectivity index (χ4n) is 2.46. The largest absolute Gasteiger partial charge is 0.487 e. The van der Waals surface area contributed by atoms with E-state index in [0.717, 1.165) is 25.7 Å². The highest BCUT2D eigenvalue weighted by Gasteiger charge is 2.13. The molecule has 0 aromatic heterocycles. The molecule has 0 saturated heterocycles. The third-order valence-electron chi connectivity index (χ3n) is 3.74. The van der Waals surface area contributed by atoms with E-state index >= 15 is 0 Å². The molecule has 1 unspecified atom stereocenters. The van der Waals surface area contributed by atoms with Crippen molar-refractivity contribution < 1.29 is 23.8 Å². The van der Waals surface area contributed by atoms with E-state index < -0.39 is 0 Å². The first-order chi connectivity index (χ1) is 12.4. The third kappa shape index (κ3) is 9.44. The molecule has 1 aromatic carbocycles. The second-order valence-corrected chi connectivity index (χ2v) is 6.74. The van der Waals surface area contributed by atoms with Crippen LogP contribution in [0, 0.1) is 0 Å². The lowest BCUT2D eigenvalue weighted by Gasteiger charge is -2.14. The second-order valence-electron chi connectivity index (χ2n) is 6.74. The van der Waals surface area contributed by atoms with Crippen molar-refractivity contribution in [2.75, 3.05) is 0 Å². The van der Waals surface area contributed by atoms with Crippen LogP contribution >= 0.6 is 0 Å². The van der Waals surface area contributed by atoms with E-state index in [9.17, 15) is 9.59 Å². The second kappa shape index (κ2) is 12.3. The monoisotopic (exact) mass is 364 g/mol. The zero-order chi connectivity index (χ0) is 19.4. The summed E-state index contributed by atoms with van der Waals surface area (Å²) >= 11 is 0. The molecule has 0 heterocycles. The standard InChI is InChI=1S/C21H32O5/c1-5-6-7-11-17(4)25-20(22)14-10-15-21(23)26-19-13-9-8-12-18(19)24-16(2)3/h8-9,12-13,16-17H,5-7,10-11,14-15H2,1-4H3. The number of rotatable bonds is 12. The molecule has 0 radical (unpaired) electrons. The molecule has 0 spiro atoms. The van der Waals surface area contributed by atoms with E-state index in [1.165, 1.54) is 0 Å². The summed E-state index contributed by atoms with van der Waals surface area (Å²) < 4.78 is 16.3. The van der Waals surface area contributed by atoms with Crippen LogP contribution in [0.3, 0.4) is 0 Å². The SMILES string of the molecule is CCCCCC(C)OC(=O)CCCC(=O)Oc1ccccc1OC(C)C. The van der Waals surface area contributed by atoms with Crippen LogP contribution in [0.5, 0.6) is 11.5 Å². The molecule has 0 aliphatic rings. The summed E-state index contributed by atoms with van der Waals surface area (Å²) in [4.78, 5) is 23.8. The van der Waals surface area contributed by atoms with Crippen LogP contribution in [0.15, 0.2) is 24.3 Å². The Kier molecular flexibility index (Phi) is 10.4. The van der Waals surface area contributed by atoms with Crippen LogP contribution in [-0.2, 0) is 14.3 Å². The molecule has 1 aromatic rings. The Morgan fingerprint density at radius 3 is 2.23 bits per heavy atom. The lowest BCUT2D eigenvalue weighted by molar-refractivity contribution is -0.148. The van der Waals surface area contributed by atoms with E-state index in [1.807, 2.05) is 26.8 Å². The van der Waals surface area contributed by atoms with Gasteiger partial charge in [-0.05, 0) is 52.2 Å². The third-order valence-corrected chi connectivity index (χ3v) is 3.74. The quantitative estimate of drug-likeness (QED) is 0.295. The van der Waals surface area contributed by atoms with E-state index in [4.69, 9.17) is 14.2 Å². The first-order valence-corrected chi connectivity index (χ1v) is 9.58. The Balaban J connectivity index is 2.31. The van der Waals surface area contributed by atoms with Gasteiger partial charge in [0.1, 0.15) is 0 Å². The molecule has 0 aliphatic carbocycles. The molecule has 146 valence electrons. The number of esters is 2. The van der Waals surface area contributed by atoms with Gasteiger partial charge in [0.05, 0.1) is 12.2 Å². The van der Waals surface area contributed by atoms with E-state index in [2.05, 4.69) is 6.92 Å². The van der Waals surface area contributed by atoms with Crippen LogP contribution in [-0.4, -0.2) is 24.1 Å². The molecule has 0 aliphatic heterocycles. The molecule has 0 amide bonds. The van der Waals surface area contributed by atoms with Gasteiger partial charge >= 0.3 is 11.9 Å². The smallest absolute Gasteiger partial charge is 0.311 e. The fourth-order valence-corrected chi connectivity index (χ4v) is 2.46. The van der Waals surface area contributed by atoms with Gasteiger partial charge in [-0.1, -0.05) is 31.9 Å². The van der Waals surface area contributed by atoms with E-state index in [-0.39, 0.29) is 37.0 Å². The number of hydrogen-bond acceptors (Lipinski definition) is 5. The number of benzene rings is 1. The zero-order valence-corrected chi connectivity index (χ0v) is 16.5. The Morgan fingerprint density at radius 1 is 0.923 bits per heavy atom. The molecule has 5 heteroatoms. The lowest BCUT2D eigenvalue weighted by Crippen LogP contribution is -2.16. The molecule has 26 heavy (non-hydrogen) atoms. The van der Waals surface area contributed by atoms with Gasteiger partial charge in [-0.15, -0.1) is 0 Å². The molecule has 5 nitrogen and oxygen atoms in total. The summed E-state index contributed by atoms with van der Waals surface area (Å²) in [7, 11) is 0. The van der Waals surface area contributed by atoms with Crippen LogP contribution in [0.4, 0.5) is 0 Å². The highest BCUT2D eigenvalue weighted by Crippen LogP contribution is 2.27. The number of para-hydroxylation sites is 2. The minimum atomic E-state index is -0.381. The van der Waals surface area contributed by atoms with Crippen LogP contribution < -0.4 is 9.47 Å². The first kappa shape index (κ1) is 22.0. The number of carbonyl (C=O) groups excluding carboxylic acids is 2. The summed E-state index contributed by atoms with van der Waals surface area (Å²) in [6.07, 6.45) is 4.96. The van der Waals surface area contributed by atoms with Gasteiger partial charge < -0.3 is 14.2 Å². The number of hydrogen-bond donors (Lipinski definition) is 0. The Hall–Kier alpha value is -2.04. The summed E-state index contributed by atoms with van der Waals surface area (Å²) in [5.74, 6) is 0.299. The van der Waals surface area contributed by atoms with Crippen molar-refractivity contribution in [1.82, 2.24) is 0 Å². The molecule has 0 bridgehead atoms. The van der Waals surface area contributed by atoms with Crippen LogP contribution in [0.1, 0.15) is 72.6 Å². The van der Waals surface area contributed by atoms with Crippen molar-refractivity contribution in [2.45, 2.75) is 84.8 Å². The fraction of sp³-hybridized carbons (Fsp3) is 0.619. The van der Waals surface area contributed by atoms with Gasteiger partial charge in [-0.3, -0.25) is 9.59 Å². The number of carbonyl (C=O) groups is 2. The van der Waals surface area contributed by atoms with Crippen LogP contribution in [0.25, 0.3) is 0 Å². The lowest BCUT2D eigenvalue weighted by atomic mass is 10.1. The molecule has 0 fully saturated rings. The van der Waals surface area contributed by atoms with Crippen molar-refractivity contribution in [2.24, 2.45) is 0 Å². The highest BCUT2D eigenvalue weighted by atomic mass is 16.6. The molecule has 1 atom stereocenters. The number of ether oxygens (including phenoxy) is 3. The van der Waals surface area contributed by atoms with E-state index in [0.29, 0.717) is 17.9 Å². The molecule has 0 N–H and O–H groups in total. The van der Waals surface area contributed by atoms with Gasteiger partial charge in [0.2, 0.25) is 0 Å². The number of unbranched alkanes of at least 4 members (excludes halogenated alkanes) is 2. The molecule has 0 saturated carbocycles. The topological polar surface area (TPSA) is 61.8 Å². The maximum atomic E-state index is 12.0. The van der Waals surface area contributed by atoms with Crippen molar-refractivity contribution >= 4 is 11.9 Å². The normalized spacial score (nSPS) is 11.9. The van der Waals surface area contributed by atoms with Gasteiger partial charge in [0.15, 0.2) is 11.5 Å². The predicted octanol–water partition coefficient (Wildman–Crippen LogP) is 5.06. The summed E-state index contributed by atoms with van der Waals surface area (Å²) in [6, 6.07) is 7.07. The zero-order valence-electron chi connectivity index (χ0n) is 16.5. The van der Waals surface area contributed by atoms with Crippen molar-refractivity contribution in [3.05, 3.63) is 24.3 Å². The van der Waals surface area contributed by atoms with Crippen molar-refractivity contribution in [3.63, 3.8) is 0 Å². The van der Waals surface area contributed by atoms with E-state index in [1.54, 1.807) is 18.2 Å². The Labute approximate surface area is 157 Å². The molecule has 1 rings (SSSR count). The molecular formula is C21H32O5. The maximum absolute atomic E-state index is 12.0. The summed E-state index contributed by atoms with van der Waals surface area (Å²) in [5, 5.41) is 0. The van der Waals surface area contributed by atoms with Crippen molar-refractivity contribution in [3.8, 4) is 11.5 Å². The van der Waals surface area contributed by atoms with Crippen molar-refractivity contribution in [1.29, 1.82) is 0 Å². The van der Waals surface area contributed by atoms with Gasteiger partial charge in [0, 0.05) is 12.8 Å².